The van der Waals surface area contributed by atoms with Gasteiger partial charge in [0.05, 0.1) is 5.69 Å². The number of nitrogens with two attached hydrogens (primary N) is 1. The number of pyridine rings is 1. The summed E-state index contributed by atoms with van der Waals surface area (Å²) in [5, 5.41) is 10.5. The number of carboxylic acid groups (broad SMARTS) is 1. The van der Waals surface area contributed by atoms with Crippen LogP contribution in [0.3, 0.4) is 0 Å². The average Bonchev–Trinajstić information content (AvgIpc) is 2.76. The molecule has 0 bridgehead atoms. The van der Waals surface area contributed by atoms with Crippen LogP contribution < -0.4 is 5.73 Å². The van der Waals surface area contributed by atoms with Crippen molar-refractivity contribution in [3.8, 4) is 11.1 Å². The van der Waals surface area contributed by atoms with Crippen molar-refractivity contribution in [1.82, 2.24) is 4.98 Å². The molecule has 106 valence electrons. The lowest BCUT2D eigenvalue weighted by Crippen LogP contribution is -1.97. The number of hydrogen-bond donors (Lipinski definition) is 2. The van der Waals surface area contributed by atoms with E-state index in [9.17, 15) is 9.90 Å². The third-order valence-electron chi connectivity index (χ3n) is 3.18. The molecule has 4 nitrogen and oxygen atoms in total. The Bertz CT molecular complexity index is 856. The first-order chi connectivity index (χ1) is 9.97. The van der Waals surface area contributed by atoms with Crippen LogP contribution in [0, 0.1) is 6.92 Å². The second kappa shape index (κ2) is 5.02. The van der Waals surface area contributed by atoms with Gasteiger partial charge < -0.3 is 10.8 Å². The molecule has 1 aromatic carbocycles. The van der Waals surface area contributed by atoms with Crippen LogP contribution in [0.4, 0.5) is 5.69 Å². The van der Waals surface area contributed by atoms with Gasteiger partial charge in [0.15, 0.2) is 0 Å². The van der Waals surface area contributed by atoms with Crippen LogP contribution in [-0.4, -0.2) is 16.1 Å². The van der Waals surface area contributed by atoms with Crippen LogP contribution in [-0.2, 0) is 0 Å². The summed E-state index contributed by atoms with van der Waals surface area (Å²) in [4.78, 5) is 16.4. The Morgan fingerprint density at radius 1 is 1.33 bits per heavy atom. The van der Waals surface area contributed by atoms with E-state index in [1.54, 1.807) is 12.1 Å². The first-order valence-electron chi connectivity index (χ1n) is 6.16. The number of nitrogens with zero attached hydrogens (tertiary/aromatic N) is 1. The van der Waals surface area contributed by atoms with E-state index in [1.165, 1.54) is 0 Å². The third-order valence-corrected chi connectivity index (χ3v) is 4.52. The summed E-state index contributed by atoms with van der Waals surface area (Å²) in [6, 6.07) is 9.25. The fraction of sp³-hybridized carbons (Fsp3) is 0.0667. The van der Waals surface area contributed by atoms with Crippen molar-refractivity contribution < 1.29 is 9.90 Å². The highest BCUT2D eigenvalue weighted by Gasteiger charge is 2.19. The molecule has 2 heterocycles. The highest BCUT2D eigenvalue weighted by Crippen LogP contribution is 2.39. The van der Waals surface area contributed by atoms with Crippen LogP contribution in [0.5, 0.6) is 0 Å². The summed E-state index contributed by atoms with van der Waals surface area (Å²) in [6.07, 6.45) is 0. The second-order valence-corrected chi connectivity index (χ2v) is 6.08. The number of anilines is 1. The summed E-state index contributed by atoms with van der Waals surface area (Å²) in [6.45, 7) is 1.87. The van der Waals surface area contributed by atoms with Crippen molar-refractivity contribution in [2.45, 2.75) is 6.92 Å². The Morgan fingerprint density at radius 3 is 2.62 bits per heavy atom. The average molecular weight is 319 g/mol. The largest absolute Gasteiger partial charge is 0.477 e. The fourth-order valence-electron chi connectivity index (χ4n) is 2.26. The molecular weight excluding hydrogens is 308 g/mol. The molecule has 0 atom stereocenters. The minimum absolute atomic E-state index is 0.123. The number of carbonyl (C=O) groups is 1. The van der Waals surface area contributed by atoms with Crippen LogP contribution in [0.25, 0.3) is 21.3 Å². The van der Waals surface area contributed by atoms with E-state index < -0.39 is 5.97 Å². The van der Waals surface area contributed by atoms with Gasteiger partial charge in [-0.25, -0.2) is 9.78 Å². The van der Waals surface area contributed by atoms with E-state index >= 15 is 0 Å². The van der Waals surface area contributed by atoms with E-state index in [0.717, 1.165) is 28.2 Å². The zero-order chi connectivity index (χ0) is 15.1. The van der Waals surface area contributed by atoms with E-state index in [0.29, 0.717) is 15.2 Å². The van der Waals surface area contributed by atoms with Crippen LogP contribution in [0.1, 0.15) is 15.4 Å². The molecule has 3 rings (SSSR count). The Kier molecular flexibility index (Phi) is 3.31. The molecule has 21 heavy (non-hydrogen) atoms. The number of hydrogen-bond acceptors (Lipinski definition) is 4. The number of benzene rings is 1. The molecule has 6 heteroatoms. The van der Waals surface area contributed by atoms with Gasteiger partial charge in [-0.1, -0.05) is 23.7 Å². The highest BCUT2D eigenvalue weighted by atomic mass is 35.5. The van der Waals surface area contributed by atoms with Crippen molar-refractivity contribution in [1.29, 1.82) is 0 Å². The summed E-state index contributed by atoms with van der Waals surface area (Å²) >= 11 is 7.01. The number of fused-ring (bicyclic) bond motifs is 1. The monoisotopic (exact) mass is 318 g/mol. The number of aromatic nitrogens is 1. The number of aromatic carboxylic acids is 1. The fourth-order valence-corrected chi connectivity index (χ4v) is 3.39. The van der Waals surface area contributed by atoms with Gasteiger partial charge in [0.2, 0.25) is 0 Å². The standard InChI is InChI=1S/C15H11ClN2O2S/c1-7-6-10(8-2-4-9(16)5-3-8)11-12(17)13(15(19)20)21-14(11)18-7/h2-6H,17H2,1H3,(H,19,20). The first-order valence-corrected chi connectivity index (χ1v) is 7.35. The smallest absolute Gasteiger partial charge is 0.348 e. The molecule has 0 saturated heterocycles. The summed E-state index contributed by atoms with van der Waals surface area (Å²) in [5.74, 6) is -1.03. The summed E-state index contributed by atoms with van der Waals surface area (Å²) < 4.78 is 0. The molecule has 0 aliphatic heterocycles. The number of rotatable bonds is 2. The third kappa shape index (κ3) is 2.34. The molecule has 3 aromatic rings. The summed E-state index contributed by atoms with van der Waals surface area (Å²) in [7, 11) is 0. The van der Waals surface area contributed by atoms with Gasteiger partial charge in [0.1, 0.15) is 9.71 Å². The van der Waals surface area contributed by atoms with Crippen LogP contribution in [0.2, 0.25) is 5.02 Å². The van der Waals surface area contributed by atoms with E-state index in [2.05, 4.69) is 4.98 Å². The number of carboxylic acids is 1. The SMILES string of the molecule is Cc1cc(-c2ccc(Cl)cc2)c2c(N)c(C(=O)O)sc2n1. The van der Waals surface area contributed by atoms with Gasteiger partial charge in [-0.05, 0) is 36.2 Å². The van der Waals surface area contributed by atoms with Crippen molar-refractivity contribution in [3.05, 3.63) is 45.9 Å². The molecular formula is C15H11ClN2O2S. The van der Waals surface area contributed by atoms with E-state index in [-0.39, 0.29) is 10.6 Å². The van der Waals surface area contributed by atoms with Crippen molar-refractivity contribution in [2.75, 3.05) is 5.73 Å². The normalized spacial score (nSPS) is 11.0. The Morgan fingerprint density at radius 2 is 2.00 bits per heavy atom. The molecule has 3 N–H and O–H groups in total. The lowest BCUT2D eigenvalue weighted by Gasteiger charge is -2.06. The molecule has 0 fully saturated rings. The zero-order valence-corrected chi connectivity index (χ0v) is 12.6. The molecule has 0 spiro atoms. The maximum absolute atomic E-state index is 11.3. The number of thiophene rings is 1. The Labute approximate surface area is 129 Å². The summed E-state index contributed by atoms with van der Waals surface area (Å²) in [5.41, 5.74) is 8.89. The maximum atomic E-state index is 11.3. The molecule has 0 unspecified atom stereocenters. The predicted molar refractivity (Wildman–Crippen MR) is 86.2 cm³/mol. The van der Waals surface area contributed by atoms with Gasteiger partial charge in [0, 0.05) is 16.1 Å². The Hall–Kier alpha value is -2.11. The minimum atomic E-state index is -1.03. The molecule has 0 aliphatic carbocycles. The zero-order valence-electron chi connectivity index (χ0n) is 11.1. The molecule has 0 amide bonds. The number of nitrogen functional groups attached to an aromatic ring is 1. The number of aryl methyl sites for hydroxylation is 1. The molecule has 0 aliphatic rings. The van der Waals surface area contributed by atoms with Gasteiger partial charge >= 0.3 is 5.97 Å². The van der Waals surface area contributed by atoms with Crippen molar-refractivity contribution >= 4 is 44.8 Å². The predicted octanol–water partition coefficient (Wildman–Crippen LogP) is 4.21. The van der Waals surface area contributed by atoms with E-state index in [4.69, 9.17) is 17.3 Å². The topological polar surface area (TPSA) is 76.2 Å². The van der Waals surface area contributed by atoms with E-state index in [1.807, 2.05) is 25.1 Å². The van der Waals surface area contributed by atoms with Crippen LogP contribution in [0.15, 0.2) is 30.3 Å². The van der Waals surface area contributed by atoms with Gasteiger partial charge in [0.25, 0.3) is 0 Å². The molecule has 2 aromatic heterocycles. The van der Waals surface area contributed by atoms with Gasteiger partial charge in [-0.2, -0.15) is 0 Å². The van der Waals surface area contributed by atoms with Crippen molar-refractivity contribution in [3.63, 3.8) is 0 Å². The molecule has 0 saturated carbocycles. The quantitative estimate of drug-likeness (QED) is 0.742. The van der Waals surface area contributed by atoms with Gasteiger partial charge in [-0.15, -0.1) is 11.3 Å². The first kappa shape index (κ1) is 13.9. The maximum Gasteiger partial charge on any atom is 0.348 e. The van der Waals surface area contributed by atoms with Gasteiger partial charge in [-0.3, -0.25) is 0 Å². The van der Waals surface area contributed by atoms with Crippen LogP contribution >= 0.6 is 22.9 Å². The highest BCUT2D eigenvalue weighted by molar-refractivity contribution is 7.21. The lowest BCUT2D eigenvalue weighted by molar-refractivity contribution is 0.0703. The lowest BCUT2D eigenvalue weighted by atomic mass is 10.0. The minimum Gasteiger partial charge on any atom is -0.477 e. The second-order valence-electron chi connectivity index (χ2n) is 4.65. The van der Waals surface area contributed by atoms with Crippen molar-refractivity contribution in [2.24, 2.45) is 0 Å². The number of halogens is 1. The molecule has 0 radical (unpaired) electrons. The Balaban J connectivity index is 2.36.